The molecule has 0 amide bonds. The Balaban J connectivity index is 1.98. The summed E-state index contributed by atoms with van der Waals surface area (Å²) in [5, 5.41) is 0. The Kier molecular flexibility index (Phi) is 6.31. The molecular weight excluding hydrogens is 312 g/mol. The number of carbonyl (C=O) groups is 1. The smallest absolute Gasteiger partial charge is 0.342 e. The van der Waals surface area contributed by atoms with Gasteiger partial charge in [0.05, 0.1) is 21.3 Å². The Morgan fingerprint density at radius 3 is 2.08 bits per heavy atom. The van der Waals surface area contributed by atoms with E-state index in [-0.39, 0.29) is 18.8 Å². The second-order valence-corrected chi connectivity index (χ2v) is 4.70. The molecule has 0 aliphatic rings. The van der Waals surface area contributed by atoms with Crippen LogP contribution in [0.4, 0.5) is 0 Å². The van der Waals surface area contributed by atoms with Crippen LogP contribution in [0.25, 0.3) is 0 Å². The third-order valence-corrected chi connectivity index (χ3v) is 3.25. The summed E-state index contributed by atoms with van der Waals surface area (Å²) < 4.78 is 26.3. The van der Waals surface area contributed by atoms with Gasteiger partial charge in [0.1, 0.15) is 30.3 Å². The van der Waals surface area contributed by atoms with Crippen LogP contribution >= 0.6 is 0 Å². The highest BCUT2D eigenvalue weighted by atomic mass is 16.6. The van der Waals surface area contributed by atoms with Crippen molar-refractivity contribution in [1.82, 2.24) is 0 Å². The molecule has 0 heterocycles. The zero-order chi connectivity index (χ0) is 17.4. The molecule has 6 heteroatoms. The van der Waals surface area contributed by atoms with Crippen LogP contribution in [0, 0.1) is 0 Å². The van der Waals surface area contributed by atoms with Crippen LogP contribution in [0.15, 0.2) is 42.5 Å². The van der Waals surface area contributed by atoms with E-state index in [4.69, 9.17) is 23.7 Å². The van der Waals surface area contributed by atoms with Gasteiger partial charge in [-0.1, -0.05) is 18.2 Å². The van der Waals surface area contributed by atoms with E-state index in [1.807, 2.05) is 30.3 Å². The van der Waals surface area contributed by atoms with Gasteiger partial charge in [-0.05, 0) is 12.1 Å². The van der Waals surface area contributed by atoms with Gasteiger partial charge in [-0.25, -0.2) is 4.79 Å². The summed E-state index contributed by atoms with van der Waals surface area (Å²) in [4.78, 5) is 12.2. The molecule has 0 saturated heterocycles. The van der Waals surface area contributed by atoms with Crippen molar-refractivity contribution in [3.8, 4) is 23.0 Å². The van der Waals surface area contributed by atoms with Crippen molar-refractivity contribution in [3.63, 3.8) is 0 Å². The number of carbonyl (C=O) groups excluding carboxylic acids is 1. The first-order valence-corrected chi connectivity index (χ1v) is 7.34. The Morgan fingerprint density at radius 2 is 1.46 bits per heavy atom. The molecule has 0 aliphatic carbocycles. The third-order valence-electron chi connectivity index (χ3n) is 3.25. The fraction of sp³-hybridized carbons (Fsp3) is 0.278. The summed E-state index contributed by atoms with van der Waals surface area (Å²) in [6, 6.07) is 12.4. The van der Waals surface area contributed by atoms with E-state index in [0.717, 1.165) is 5.75 Å². The molecule has 0 aliphatic heterocycles. The molecule has 0 saturated carbocycles. The van der Waals surface area contributed by atoms with E-state index in [1.165, 1.54) is 27.4 Å². The van der Waals surface area contributed by atoms with E-state index in [1.54, 1.807) is 6.07 Å². The van der Waals surface area contributed by atoms with Crippen LogP contribution in [0.1, 0.15) is 10.4 Å². The first-order valence-electron chi connectivity index (χ1n) is 7.34. The number of esters is 1. The highest BCUT2D eigenvalue weighted by molar-refractivity contribution is 5.93. The van der Waals surface area contributed by atoms with Crippen LogP contribution < -0.4 is 18.9 Å². The van der Waals surface area contributed by atoms with Crippen molar-refractivity contribution in [2.75, 3.05) is 34.5 Å². The van der Waals surface area contributed by atoms with Gasteiger partial charge in [-0.15, -0.1) is 0 Å². The number of benzene rings is 2. The molecule has 0 N–H and O–H groups in total. The summed E-state index contributed by atoms with van der Waals surface area (Å²) in [6.45, 7) is 0.372. The fourth-order valence-electron chi connectivity index (χ4n) is 2.08. The second kappa shape index (κ2) is 8.67. The van der Waals surface area contributed by atoms with Gasteiger partial charge in [0.2, 0.25) is 0 Å². The van der Waals surface area contributed by atoms with Gasteiger partial charge in [-0.3, -0.25) is 0 Å². The maximum absolute atomic E-state index is 12.2. The SMILES string of the molecule is COc1cc(OC)c(C(=O)OCCOc2ccccc2)cc1OC. The van der Waals surface area contributed by atoms with E-state index < -0.39 is 5.97 Å². The van der Waals surface area contributed by atoms with Crippen molar-refractivity contribution in [2.24, 2.45) is 0 Å². The first-order chi connectivity index (χ1) is 11.7. The molecule has 0 fully saturated rings. The molecule has 0 unspecified atom stereocenters. The molecule has 2 rings (SSSR count). The first kappa shape index (κ1) is 17.5. The van der Waals surface area contributed by atoms with Crippen LogP contribution in [0.3, 0.4) is 0 Å². The van der Waals surface area contributed by atoms with Gasteiger partial charge in [0.25, 0.3) is 0 Å². The number of methoxy groups -OCH3 is 3. The lowest BCUT2D eigenvalue weighted by atomic mass is 10.1. The van der Waals surface area contributed by atoms with Gasteiger partial charge in [-0.2, -0.15) is 0 Å². The minimum atomic E-state index is -0.524. The van der Waals surface area contributed by atoms with Gasteiger partial charge in [0, 0.05) is 12.1 Å². The number of rotatable bonds is 8. The lowest BCUT2D eigenvalue weighted by molar-refractivity contribution is 0.0446. The van der Waals surface area contributed by atoms with E-state index in [2.05, 4.69) is 0 Å². The summed E-state index contributed by atoms with van der Waals surface area (Å²) in [7, 11) is 4.47. The van der Waals surface area contributed by atoms with Crippen molar-refractivity contribution < 1.29 is 28.5 Å². The van der Waals surface area contributed by atoms with E-state index >= 15 is 0 Å². The molecule has 0 aromatic heterocycles. The molecular formula is C18H20O6. The Labute approximate surface area is 140 Å². The molecule has 0 bridgehead atoms. The zero-order valence-corrected chi connectivity index (χ0v) is 13.9. The molecule has 6 nitrogen and oxygen atoms in total. The van der Waals surface area contributed by atoms with E-state index in [9.17, 15) is 4.79 Å². The number of hydrogen-bond donors (Lipinski definition) is 0. The van der Waals surface area contributed by atoms with E-state index in [0.29, 0.717) is 17.2 Å². The second-order valence-electron chi connectivity index (χ2n) is 4.70. The Hall–Kier alpha value is -2.89. The lowest BCUT2D eigenvalue weighted by Gasteiger charge is -2.13. The largest absolute Gasteiger partial charge is 0.496 e. The topological polar surface area (TPSA) is 63.2 Å². The summed E-state index contributed by atoms with van der Waals surface area (Å²) in [5.41, 5.74) is 0.259. The molecule has 0 spiro atoms. The van der Waals surface area contributed by atoms with Crippen LogP contribution in [0.5, 0.6) is 23.0 Å². The average molecular weight is 332 g/mol. The standard InChI is InChI=1S/C18H20O6/c1-20-15-12-17(22-3)16(21-2)11-14(15)18(19)24-10-9-23-13-7-5-4-6-8-13/h4-8,11-12H,9-10H2,1-3H3. The van der Waals surface area contributed by atoms with Crippen LogP contribution in [-0.2, 0) is 4.74 Å². The summed E-state index contributed by atoms with van der Waals surface area (Å²) in [6.07, 6.45) is 0. The minimum absolute atomic E-state index is 0.116. The number of hydrogen-bond acceptors (Lipinski definition) is 6. The Morgan fingerprint density at radius 1 is 0.833 bits per heavy atom. The minimum Gasteiger partial charge on any atom is -0.496 e. The molecule has 128 valence electrons. The maximum atomic E-state index is 12.2. The highest BCUT2D eigenvalue weighted by Gasteiger charge is 2.18. The summed E-state index contributed by atoms with van der Waals surface area (Å²) >= 11 is 0. The molecule has 2 aromatic carbocycles. The monoisotopic (exact) mass is 332 g/mol. The maximum Gasteiger partial charge on any atom is 0.342 e. The normalized spacial score (nSPS) is 9.96. The quantitative estimate of drug-likeness (QED) is 0.547. The molecule has 0 radical (unpaired) electrons. The lowest BCUT2D eigenvalue weighted by Crippen LogP contribution is -2.13. The highest BCUT2D eigenvalue weighted by Crippen LogP contribution is 2.34. The van der Waals surface area contributed by atoms with Gasteiger partial charge >= 0.3 is 5.97 Å². The van der Waals surface area contributed by atoms with Crippen molar-refractivity contribution in [3.05, 3.63) is 48.0 Å². The molecule has 0 atom stereocenters. The van der Waals surface area contributed by atoms with Crippen LogP contribution in [-0.4, -0.2) is 40.5 Å². The fourth-order valence-corrected chi connectivity index (χ4v) is 2.08. The Bertz CT molecular complexity index is 669. The van der Waals surface area contributed by atoms with Crippen molar-refractivity contribution in [2.45, 2.75) is 0 Å². The van der Waals surface area contributed by atoms with Crippen LogP contribution in [0.2, 0.25) is 0 Å². The van der Waals surface area contributed by atoms with Crippen molar-refractivity contribution in [1.29, 1.82) is 0 Å². The predicted octanol–water partition coefficient (Wildman–Crippen LogP) is 2.95. The average Bonchev–Trinajstić information content (AvgIpc) is 2.64. The third kappa shape index (κ3) is 4.32. The number of ether oxygens (including phenoxy) is 5. The van der Waals surface area contributed by atoms with Gasteiger partial charge in [0.15, 0.2) is 11.5 Å². The molecule has 2 aromatic rings. The molecule has 24 heavy (non-hydrogen) atoms. The van der Waals surface area contributed by atoms with Gasteiger partial charge < -0.3 is 23.7 Å². The van der Waals surface area contributed by atoms with Crippen molar-refractivity contribution >= 4 is 5.97 Å². The predicted molar refractivity (Wildman–Crippen MR) is 88.3 cm³/mol. The number of para-hydroxylation sites is 1. The summed E-state index contributed by atoms with van der Waals surface area (Å²) in [5.74, 6) is 1.44. The zero-order valence-electron chi connectivity index (χ0n) is 13.9.